The molecule has 9 atom stereocenters. The Labute approximate surface area is 375 Å². The van der Waals surface area contributed by atoms with Gasteiger partial charge >= 0.3 is 5.97 Å². The molecular formula is C46H78N6O11. The minimum absolute atomic E-state index is 0.0634. The summed E-state index contributed by atoms with van der Waals surface area (Å²) in [6.07, 6.45) is 0.557. The summed E-state index contributed by atoms with van der Waals surface area (Å²) in [4.78, 5) is 86.4. The van der Waals surface area contributed by atoms with Gasteiger partial charge in [-0.3, -0.25) is 24.0 Å². The molecule has 8 unspecified atom stereocenters. The maximum Gasteiger partial charge on any atom is 0.326 e. The number of hydrogen-bond donors (Lipinski definition) is 4. The molecule has 358 valence electrons. The Bertz CT molecular complexity index is 1580. The Hall–Kier alpha value is -4.16. The molecule has 0 aliphatic carbocycles. The van der Waals surface area contributed by atoms with Gasteiger partial charge in [0.25, 0.3) is 0 Å². The van der Waals surface area contributed by atoms with E-state index in [4.69, 9.17) is 24.7 Å². The van der Waals surface area contributed by atoms with E-state index in [0.717, 1.165) is 5.56 Å². The fourth-order valence-electron chi connectivity index (χ4n) is 8.45. The average Bonchev–Trinajstić information content (AvgIpc) is 3.74. The van der Waals surface area contributed by atoms with Crippen LogP contribution in [-0.4, -0.2) is 166 Å². The van der Waals surface area contributed by atoms with E-state index in [9.17, 15) is 33.9 Å². The van der Waals surface area contributed by atoms with Crippen molar-refractivity contribution < 1.29 is 52.8 Å². The van der Waals surface area contributed by atoms with Crippen LogP contribution in [0, 0.1) is 23.7 Å². The van der Waals surface area contributed by atoms with Gasteiger partial charge in [0, 0.05) is 47.8 Å². The third kappa shape index (κ3) is 16.4. The van der Waals surface area contributed by atoms with E-state index in [2.05, 4.69) is 10.6 Å². The summed E-state index contributed by atoms with van der Waals surface area (Å²) in [5.41, 5.74) is 6.20. The van der Waals surface area contributed by atoms with Gasteiger partial charge in [0.15, 0.2) is 0 Å². The second-order valence-electron chi connectivity index (χ2n) is 17.4. The van der Waals surface area contributed by atoms with Crippen molar-refractivity contribution in [2.24, 2.45) is 29.4 Å². The Morgan fingerprint density at radius 1 is 0.857 bits per heavy atom. The number of aliphatic carboxylic acids is 1. The van der Waals surface area contributed by atoms with Crippen LogP contribution in [0.4, 0.5) is 0 Å². The van der Waals surface area contributed by atoms with Crippen molar-refractivity contribution in [1.29, 1.82) is 0 Å². The number of nitrogens with one attached hydrogen (secondary N) is 2. The van der Waals surface area contributed by atoms with Gasteiger partial charge < -0.3 is 55.1 Å². The SMILES string of the molecule is CCC(C)C(C(CC(=O)N1CCC[C@H]1C(OC)C(C)C(=O)NC(Cc1ccccc1)C(=O)O)OC)N(C)C(=O)C(NC(=O)C(C(C)C)N(C)C(=O)CCOCCOCCN)C(C)C. The standard InChI is InChI=1S/C46H78N6O11/c1-12-31(6)41(51(9)45(57)39(29(2)3)49-44(56)40(30(4)5)50(8)37(53)20-23-62-25-26-63-24-21-47)36(60-10)28-38(54)52-22-16-19-35(52)42(61-11)32(7)43(55)48-34(46(58)59)27-33-17-14-13-15-18-33/h13-15,17-18,29-32,34-36,39-42H,12,16,19-28,47H2,1-11H3,(H,48,55)(H,49,56)(H,58,59)/t31?,32?,34?,35-,36?,39?,40?,41?,42?/m0/s1. The number of carbonyl (C=O) groups is 6. The lowest BCUT2D eigenvalue weighted by atomic mass is 9.89. The highest BCUT2D eigenvalue weighted by molar-refractivity contribution is 5.92. The van der Waals surface area contributed by atoms with Crippen molar-refractivity contribution >= 4 is 35.5 Å². The number of benzene rings is 1. The molecule has 0 radical (unpaired) electrons. The quantitative estimate of drug-likeness (QED) is 0.0854. The first-order valence-corrected chi connectivity index (χ1v) is 22.5. The molecule has 0 bridgehead atoms. The Morgan fingerprint density at radius 2 is 1.49 bits per heavy atom. The molecule has 2 rings (SSSR count). The van der Waals surface area contributed by atoms with Crippen LogP contribution in [0.1, 0.15) is 86.1 Å². The smallest absolute Gasteiger partial charge is 0.326 e. The molecule has 5 N–H and O–H groups in total. The minimum atomic E-state index is -1.16. The molecule has 1 saturated heterocycles. The fraction of sp³-hybridized carbons (Fsp3) is 0.739. The maximum absolute atomic E-state index is 14.5. The lowest BCUT2D eigenvalue weighted by Crippen LogP contribution is -2.60. The van der Waals surface area contributed by atoms with Crippen LogP contribution in [0.25, 0.3) is 0 Å². The van der Waals surface area contributed by atoms with E-state index in [1.165, 1.54) is 19.1 Å². The zero-order valence-electron chi connectivity index (χ0n) is 39.7. The van der Waals surface area contributed by atoms with E-state index in [0.29, 0.717) is 52.2 Å². The molecule has 5 amide bonds. The van der Waals surface area contributed by atoms with Crippen molar-refractivity contribution in [3.8, 4) is 0 Å². The summed E-state index contributed by atoms with van der Waals surface area (Å²) >= 11 is 0. The molecule has 1 aromatic rings. The average molecular weight is 891 g/mol. The fourth-order valence-corrected chi connectivity index (χ4v) is 8.45. The first kappa shape index (κ1) is 55.0. The van der Waals surface area contributed by atoms with Crippen LogP contribution in [0.15, 0.2) is 30.3 Å². The third-order valence-electron chi connectivity index (χ3n) is 12.2. The largest absolute Gasteiger partial charge is 0.480 e. The van der Waals surface area contributed by atoms with Gasteiger partial charge in [0.2, 0.25) is 29.5 Å². The summed E-state index contributed by atoms with van der Waals surface area (Å²) in [5, 5.41) is 15.6. The number of nitrogens with zero attached hydrogens (tertiary/aromatic N) is 3. The molecule has 1 heterocycles. The minimum Gasteiger partial charge on any atom is -0.480 e. The monoisotopic (exact) mass is 891 g/mol. The number of rotatable bonds is 29. The first-order chi connectivity index (χ1) is 29.9. The number of amides is 5. The molecule has 17 nitrogen and oxygen atoms in total. The van der Waals surface area contributed by atoms with Crippen LogP contribution in [-0.2, 0) is 54.1 Å². The van der Waals surface area contributed by atoms with Crippen molar-refractivity contribution in [3.05, 3.63) is 35.9 Å². The number of nitrogens with two attached hydrogens (primary N) is 1. The number of carbonyl (C=O) groups excluding carboxylic acids is 5. The van der Waals surface area contributed by atoms with Crippen molar-refractivity contribution in [2.45, 2.75) is 129 Å². The van der Waals surface area contributed by atoms with Crippen molar-refractivity contribution in [2.75, 3.05) is 67.8 Å². The summed E-state index contributed by atoms with van der Waals surface area (Å²) in [5.74, 6) is -4.48. The Morgan fingerprint density at radius 3 is 2.03 bits per heavy atom. The molecule has 1 aromatic carbocycles. The molecule has 1 aliphatic heterocycles. The van der Waals surface area contributed by atoms with Gasteiger partial charge in [0.05, 0.1) is 69.5 Å². The summed E-state index contributed by atoms with van der Waals surface area (Å²) in [7, 11) is 6.23. The van der Waals surface area contributed by atoms with E-state index in [-0.39, 0.29) is 61.3 Å². The number of likely N-dealkylation sites (tertiary alicyclic amines) is 1. The van der Waals surface area contributed by atoms with Crippen LogP contribution >= 0.6 is 0 Å². The number of likely N-dealkylation sites (N-methyl/N-ethyl adjacent to an activating group) is 2. The van der Waals surface area contributed by atoms with E-state index in [1.807, 2.05) is 59.7 Å². The summed E-state index contributed by atoms with van der Waals surface area (Å²) in [6, 6.07) is 5.06. The van der Waals surface area contributed by atoms with Crippen LogP contribution in [0.5, 0.6) is 0 Å². The molecule has 0 spiro atoms. The van der Waals surface area contributed by atoms with Gasteiger partial charge in [-0.2, -0.15) is 0 Å². The molecular weight excluding hydrogens is 813 g/mol. The van der Waals surface area contributed by atoms with Gasteiger partial charge in [0.1, 0.15) is 18.1 Å². The maximum atomic E-state index is 14.5. The Kier molecular flexibility index (Phi) is 24.3. The van der Waals surface area contributed by atoms with E-state index in [1.54, 1.807) is 43.0 Å². The van der Waals surface area contributed by atoms with Crippen LogP contribution < -0.4 is 16.4 Å². The zero-order chi connectivity index (χ0) is 47.4. The van der Waals surface area contributed by atoms with Gasteiger partial charge in [-0.1, -0.05) is 85.2 Å². The number of carboxylic acids is 1. The van der Waals surface area contributed by atoms with E-state index >= 15 is 0 Å². The lowest BCUT2D eigenvalue weighted by Gasteiger charge is -2.41. The normalized spacial score (nSPS) is 17.9. The van der Waals surface area contributed by atoms with Gasteiger partial charge in [-0.25, -0.2) is 4.79 Å². The Balaban J connectivity index is 2.23. The summed E-state index contributed by atoms with van der Waals surface area (Å²) in [6.45, 7) is 15.1. The van der Waals surface area contributed by atoms with Crippen molar-refractivity contribution in [1.82, 2.24) is 25.3 Å². The topological polar surface area (TPSA) is 219 Å². The second kappa shape index (κ2) is 27.9. The third-order valence-corrected chi connectivity index (χ3v) is 12.2. The predicted octanol–water partition coefficient (Wildman–Crippen LogP) is 2.72. The lowest BCUT2D eigenvalue weighted by molar-refractivity contribution is -0.149. The number of hydrogen-bond acceptors (Lipinski definition) is 11. The highest BCUT2D eigenvalue weighted by Gasteiger charge is 2.43. The van der Waals surface area contributed by atoms with Gasteiger partial charge in [-0.15, -0.1) is 0 Å². The van der Waals surface area contributed by atoms with Crippen LogP contribution in [0.3, 0.4) is 0 Å². The number of carboxylic acid groups (broad SMARTS) is 1. The highest BCUT2D eigenvalue weighted by Crippen LogP contribution is 2.30. The van der Waals surface area contributed by atoms with E-state index < -0.39 is 66.1 Å². The number of methoxy groups -OCH3 is 2. The molecule has 63 heavy (non-hydrogen) atoms. The zero-order valence-corrected chi connectivity index (χ0v) is 39.7. The van der Waals surface area contributed by atoms with Crippen molar-refractivity contribution in [3.63, 3.8) is 0 Å². The molecule has 1 aliphatic rings. The highest BCUT2D eigenvalue weighted by atomic mass is 16.5. The molecule has 17 heteroatoms. The first-order valence-electron chi connectivity index (χ1n) is 22.5. The second-order valence-corrected chi connectivity index (χ2v) is 17.4. The molecule has 0 saturated carbocycles. The number of ether oxygens (including phenoxy) is 4. The molecule has 1 fully saturated rings. The van der Waals surface area contributed by atoms with Gasteiger partial charge in [-0.05, 0) is 36.2 Å². The molecule has 0 aromatic heterocycles. The summed E-state index contributed by atoms with van der Waals surface area (Å²) < 4.78 is 22.7. The predicted molar refractivity (Wildman–Crippen MR) is 239 cm³/mol. The van der Waals surface area contributed by atoms with Crippen LogP contribution in [0.2, 0.25) is 0 Å².